The number of nitrogens with zero attached hydrogens (tertiary/aromatic N) is 2. The van der Waals surface area contributed by atoms with Crippen molar-refractivity contribution in [1.82, 2.24) is 19.6 Å². The summed E-state index contributed by atoms with van der Waals surface area (Å²) in [7, 11) is -4.51. The van der Waals surface area contributed by atoms with Crippen LogP contribution in [0.1, 0.15) is 83.1 Å². The summed E-state index contributed by atoms with van der Waals surface area (Å²) < 4.78 is 33.7. The summed E-state index contributed by atoms with van der Waals surface area (Å²) in [5, 5.41) is 22.3. The average Bonchev–Trinajstić information content (AvgIpc) is 3.16. The van der Waals surface area contributed by atoms with Crippen LogP contribution in [0.25, 0.3) is 0 Å². The van der Waals surface area contributed by atoms with Crippen LogP contribution in [0.15, 0.2) is 4.52 Å². The van der Waals surface area contributed by atoms with Gasteiger partial charge in [0.05, 0.1) is 18.6 Å². The molecule has 1 aliphatic carbocycles. The van der Waals surface area contributed by atoms with Crippen LogP contribution in [0.3, 0.4) is 0 Å². The van der Waals surface area contributed by atoms with E-state index in [1.54, 1.807) is 4.72 Å². The first kappa shape index (κ1) is 27.9. The molecule has 1 fully saturated rings. The topological polar surface area (TPSA) is 224 Å². The van der Waals surface area contributed by atoms with Gasteiger partial charge in [-0.3, -0.25) is 9.59 Å². The Bertz CT molecular complexity index is 854. The Morgan fingerprint density at radius 2 is 1.88 bits per heavy atom. The maximum Gasteiger partial charge on any atom is 0.324 e. The van der Waals surface area contributed by atoms with Crippen LogP contribution in [-0.4, -0.2) is 52.8 Å². The van der Waals surface area contributed by atoms with Gasteiger partial charge in [0.15, 0.2) is 5.82 Å². The van der Waals surface area contributed by atoms with E-state index in [1.165, 1.54) is 6.42 Å². The maximum atomic E-state index is 12.4. The number of nitrogens with one attached hydrogen (secondary N) is 2. The van der Waals surface area contributed by atoms with Gasteiger partial charge >= 0.3 is 5.97 Å². The zero-order chi connectivity index (χ0) is 23.2. The molecule has 0 radical (unpaired) electrons. The third-order valence-electron chi connectivity index (χ3n) is 5.13. The minimum Gasteiger partial charge on any atom is -0.480 e. The van der Waals surface area contributed by atoms with Crippen molar-refractivity contribution in [3.8, 4) is 0 Å². The number of aliphatic carboxylic acids is 1. The second kappa shape index (κ2) is 12.2. The molecule has 0 bridgehead atoms. The summed E-state index contributed by atoms with van der Waals surface area (Å²) in [6.07, 6.45) is 4.26. The molecule has 0 saturated heterocycles. The molecule has 0 aliphatic heterocycles. The molecule has 8 N–H and O–H groups in total. The fourth-order valence-electron chi connectivity index (χ4n) is 3.55. The Kier molecular flexibility index (Phi) is 10.6. The van der Waals surface area contributed by atoms with Gasteiger partial charge in [0, 0.05) is 0 Å². The highest BCUT2D eigenvalue weighted by atomic mass is 32.2. The minimum absolute atomic E-state index is 0. The number of hydrogen-bond acceptors (Lipinski definition) is 9. The van der Waals surface area contributed by atoms with Gasteiger partial charge in [0.2, 0.25) is 11.8 Å². The number of hydrogen-bond donors (Lipinski definition) is 6. The molecular formula is C18H34N6O7S. The summed E-state index contributed by atoms with van der Waals surface area (Å²) in [6.45, 7) is 1.11. The van der Waals surface area contributed by atoms with Crippen LogP contribution in [0.2, 0.25) is 0 Å². The molecule has 1 aliphatic rings. The number of carboxylic acid groups (broad SMARTS) is 1. The molecule has 32 heavy (non-hydrogen) atoms. The number of amides is 1. The molecular weight excluding hydrogens is 444 g/mol. The minimum atomic E-state index is -4.51. The molecule has 13 nitrogen and oxygen atoms in total. The number of rotatable bonds is 12. The predicted octanol–water partition coefficient (Wildman–Crippen LogP) is -0.150. The maximum absolute atomic E-state index is 12.4. The largest absolute Gasteiger partial charge is 0.480 e. The molecule has 1 amide bonds. The van der Waals surface area contributed by atoms with Gasteiger partial charge in [0.25, 0.3) is 10.2 Å². The molecule has 4 atom stereocenters. The van der Waals surface area contributed by atoms with Crippen molar-refractivity contribution in [2.75, 3.05) is 0 Å². The molecule has 2 rings (SSSR count). The van der Waals surface area contributed by atoms with Crippen molar-refractivity contribution in [2.45, 2.75) is 83.5 Å². The van der Waals surface area contributed by atoms with Crippen LogP contribution < -0.4 is 20.9 Å². The number of primary amides is 1. The highest BCUT2D eigenvalue weighted by Gasteiger charge is 2.33. The first-order valence-corrected chi connectivity index (χ1v) is 11.5. The lowest BCUT2D eigenvalue weighted by molar-refractivity contribution is -0.141. The molecule has 14 heteroatoms. The molecule has 0 aromatic carbocycles. The van der Waals surface area contributed by atoms with Crippen molar-refractivity contribution in [1.29, 1.82) is 0 Å². The third kappa shape index (κ3) is 8.43. The van der Waals surface area contributed by atoms with Crippen molar-refractivity contribution in [3.63, 3.8) is 0 Å². The first-order chi connectivity index (χ1) is 14.5. The Morgan fingerprint density at radius 1 is 1.25 bits per heavy atom. The highest BCUT2D eigenvalue weighted by Crippen LogP contribution is 2.30. The van der Waals surface area contributed by atoms with Gasteiger partial charge in [0.1, 0.15) is 12.1 Å². The van der Waals surface area contributed by atoms with E-state index in [1.807, 2.05) is 0 Å². The first-order valence-electron chi connectivity index (χ1n) is 10.1. The molecule has 0 spiro atoms. The van der Waals surface area contributed by atoms with E-state index in [2.05, 4.69) is 14.9 Å². The van der Waals surface area contributed by atoms with Crippen LogP contribution >= 0.6 is 0 Å². The van der Waals surface area contributed by atoms with E-state index in [0.717, 1.165) is 32.6 Å². The van der Waals surface area contributed by atoms with E-state index in [-0.39, 0.29) is 19.1 Å². The second-order valence-corrected chi connectivity index (χ2v) is 9.33. The van der Waals surface area contributed by atoms with Crippen molar-refractivity contribution >= 4 is 22.1 Å². The van der Waals surface area contributed by atoms with Crippen molar-refractivity contribution < 1.29 is 32.7 Å². The van der Waals surface area contributed by atoms with Gasteiger partial charge in [-0.25, -0.2) is 0 Å². The quantitative estimate of drug-likeness (QED) is 0.233. The summed E-state index contributed by atoms with van der Waals surface area (Å²) in [6, 6.07) is -3.67. The van der Waals surface area contributed by atoms with Gasteiger partial charge < -0.3 is 26.2 Å². The van der Waals surface area contributed by atoms with Crippen LogP contribution in [0, 0.1) is 5.92 Å². The van der Waals surface area contributed by atoms with Gasteiger partial charge in [-0.15, -0.1) is 0 Å². The number of aliphatic hydroxyl groups excluding tert-OH is 1. The number of carboxylic acids is 1. The predicted molar refractivity (Wildman–Crippen MR) is 114 cm³/mol. The van der Waals surface area contributed by atoms with Crippen molar-refractivity contribution in [3.05, 3.63) is 11.7 Å². The summed E-state index contributed by atoms with van der Waals surface area (Å²) in [5.41, 5.74) is 11.4. The Morgan fingerprint density at radius 3 is 2.41 bits per heavy atom. The van der Waals surface area contributed by atoms with E-state index in [9.17, 15) is 23.1 Å². The molecule has 184 valence electrons. The lowest BCUT2D eigenvalue weighted by atomic mass is 9.85. The number of nitrogens with two attached hydrogens (primary N) is 2. The summed E-state index contributed by atoms with van der Waals surface area (Å²) in [4.78, 5) is 26.7. The summed E-state index contributed by atoms with van der Waals surface area (Å²) in [5.74, 6) is -2.05. The Balaban J connectivity index is 0.00000512. The highest BCUT2D eigenvalue weighted by molar-refractivity contribution is 7.87. The summed E-state index contributed by atoms with van der Waals surface area (Å²) >= 11 is 0. The molecule has 1 aromatic heterocycles. The van der Waals surface area contributed by atoms with E-state index in [0.29, 0.717) is 12.3 Å². The number of aromatic nitrogens is 2. The van der Waals surface area contributed by atoms with Crippen molar-refractivity contribution in [2.24, 2.45) is 17.4 Å². The Labute approximate surface area is 187 Å². The molecule has 1 heterocycles. The fourth-order valence-corrected chi connectivity index (χ4v) is 4.81. The van der Waals surface area contributed by atoms with Gasteiger partial charge in [-0.1, -0.05) is 44.7 Å². The van der Waals surface area contributed by atoms with E-state index < -0.39 is 52.7 Å². The standard InChI is InChI=1S/C17H30N6O7S.CH4/c1-9(24)14(17(26)27)23-31(28,29)22-12(8-13(19)25)16-20-15(21-30-16)11(18)7-10-5-3-2-4-6-10;/h9-12,14,22-24H,2-8,18H2,1H3,(H2,19,25)(H,26,27);1H4/t9?,11-,12-,14-;/m0./s1. The number of carbonyl (C=O) groups is 2. The van der Waals surface area contributed by atoms with Gasteiger partial charge in [-0.2, -0.15) is 22.8 Å². The number of carbonyl (C=O) groups excluding carboxylic acids is 1. The zero-order valence-corrected chi connectivity index (χ0v) is 18.0. The second-order valence-electron chi connectivity index (χ2n) is 7.86. The molecule has 1 aromatic rings. The lowest BCUT2D eigenvalue weighted by Gasteiger charge is -2.23. The Hall–Kier alpha value is -2.13. The monoisotopic (exact) mass is 478 g/mol. The van der Waals surface area contributed by atoms with Gasteiger partial charge in [-0.05, 0) is 19.3 Å². The normalized spacial score (nSPS) is 18.8. The zero-order valence-electron chi connectivity index (χ0n) is 17.2. The average molecular weight is 479 g/mol. The smallest absolute Gasteiger partial charge is 0.324 e. The van der Waals surface area contributed by atoms with E-state index in [4.69, 9.17) is 21.1 Å². The lowest BCUT2D eigenvalue weighted by Crippen LogP contribution is -2.52. The molecule has 1 saturated carbocycles. The third-order valence-corrected chi connectivity index (χ3v) is 6.29. The fraction of sp³-hybridized carbons (Fsp3) is 0.778. The SMILES string of the molecule is C.CC(O)[C@H](NS(=O)(=O)N[C@@H](CC(N)=O)c1nc([C@@H](N)CC2CCCCC2)no1)C(=O)O. The van der Waals surface area contributed by atoms with Crippen LogP contribution in [0.4, 0.5) is 0 Å². The number of aliphatic hydroxyl groups is 1. The van der Waals surface area contributed by atoms with Crippen LogP contribution in [-0.2, 0) is 19.8 Å². The van der Waals surface area contributed by atoms with Crippen LogP contribution in [0.5, 0.6) is 0 Å². The molecule has 1 unspecified atom stereocenters. The van der Waals surface area contributed by atoms with E-state index >= 15 is 0 Å².